The van der Waals surface area contributed by atoms with E-state index in [9.17, 15) is 14.0 Å². The Morgan fingerprint density at radius 2 is 1.54 bits per heavy atom. The number of piperidine rings is 1. The van der Waals surface area contributed by atoms with Gasteiger partial charge in [0.25, 0.3) is 0 Å². The Balaban J connectivity index is 1.48. The lowest BCUT2D eigenvalue weighted by molar-refractivity contribution is -0.139. The standard InChI is InChI=1S/C19H25FN2O2/c20-16-6-8-17(9-7-16)21-18(23)14-10-12-22(13-11-14)19(24)15-4-2-1-3-5-15/h6-9,14-15H,1-5,10-13H2,(H,21,23). The number of rotatable bonds is 3. The van der Waals surface area contributed by atoms with Gasteiger partial charge in [0.15, 0.2) is 0 Å². The molecule has 0 unspecified atom stereocenters. The van der Waals surface area contributed by atoms with Gasteiger partial charge in [-0.1, -0.05) is 19.3 Å². The lowest BCUT2D eigenvalue weighted by atomic mass is 9.87. The van der Waals surface area contributed by atoms with Crippen molar-refractivity contribution in [2.75, 3.05) is 18.4 Å². The molecule has 2 fully saturated rings. The van der Waals surface area contributed by atoms with Crippen molar-refractivity contribution in [1.29, 1.82) is 0 Å². The third kappa shape index (κ3) is 4.13. The van der Waals surface area contributed by atoms with E-state index in [1.807, 2.05) is 4.90 Å². The summed E-state index contributed by atoms with van der Waals surface area (Å²) in [5.74, 6) is 0.0507. The van der Waals surface area contributed by atoms with Gasteiger partial charge in [0.05, 0.1) is 0 Å². The molecule has 0 spiro atoms. The van der Waals surface area contributed by atoms with Gasteiger partial charge in [-0.2, -0.15) is 0 Å². The van der Waals surface area contributed by atoms with Gasteiger partial charge in [-0.25, -0.2) is 4.39 Å². The summed E-state index contributed by atoms with van der Waals surface area (Å²) in [6.45, 7) is 1.33. The quantitative estimate of drug-likeness (QED) is 0.920. The molecule has 24 heavy (non-hydrogen) atoms. The highest BCUT2D eigenvalue weighted by molar-refractivity contribution is 5.92. The van der Waals surface area contributed by atoms with Crippen LogP contribution in [-0.2, 0) is 9.59 Å². The zero-order chi connectivity index (χ0) is 16.9. The number of carbonyl (C=O) groups excluding carboxylic acids is 2. The molecule has 1 aliphatic carbocycles. The lowest BCUT2D eigenvalue weighted by Gasteiger charge is -2.34. The van der Waals surface area contributed by atoms with Crippen LogP contribution in [0.3, 0.4) is 0 Å². The van der Waals surface area contributed by atoms with Crippen molar-refractivity contribution >= 4 is 17.5 Å². The first kappa shape index (κ1) is 16.9. The molecule has 1 saturated heterocycles. The molecule has 0 radical (unpaired) electrons. The second kappa shape index (κ2) is 7.77. The number of hydrogen-bond donors (Lipinski definition) is 1. The van der Waals surface area contributed by atoms with Crippen molar-refractivity contribution < 1.29 is 14.0 Å². The number of anilines is 1. The van der Waals surface area contributed by atoms with Crippen LogP contribution in [0.4, 0.5) is 10.1 Å². The molecule has 1 N–H and O–H groups in total. The van der Waals surface area contributed by atoms with Crippen molar-refractivity contribution in [3.8, 4) is 0 Å². The maximum absolute atomic E-state index is 12.9. The van der Waals surface area contributed by atoms with Crippen molar-refractivity contribution in [2.24, 2.45) is 11.8 Å². The van der Waals surface area contributed by atoms with E-state index in [0.717, 1.165) is 25.7 Å². The Bertz CT molecular complexity index is 574. The topological polar surface area (TPSA) is 49.4 Å². The fourth-order valence-electron chi connectivity index (χ4n) is 3.75. The molecule has 0 aromatic heterocycles. The van der Waals surface area contributed by atoms with E-state index in [2.05, 4.69) is 5.32 Å². The first-order valence-electron chi connectivity index (χ1n) is 8.99. The molecular weight excluding hydrogens is 307 g/mol. The minimum atomic E-state index is -0.317. The van der Waals surface area contributed by atoms with E-state index in [1.165, 1.54) is 18.6 Å². The van der Waals surface area contributed by atoms with Gasteiger partial charge in [0.2, 0.25) is 11.8 Å². The maximum Gasteiger partial charge on any atom is 0.227 e. The van der Waals surface area contributed by atoms with Crippen LogP contribution in [0.1, 0.15) is 44.9 Å². The van der Waals surface area contributed by atoms with Crippen LogP contribution in [0.25, 0.3) is 0 Å². The van der Waals surface area contributed by atoms with E-state index < -0.39 is 0 Å². The minimum Gasteiger partial charge on any atom is -0.342 e. The van der Waals surface area contributed by atoms with Crippen LogP contribution >= 0.6 is 0 Å². The van der Waals surface area contributed by atoms with Crippen molar-refractivity contribution in [2.45, 2.75) is 44.9 Å². The Morgan fingerprint density at radius 3 is 2.17 bits per heavy atom. The average Bonchev–Trinajstić information content (AvgIpc) is 2.64. The number of halogens is 1. The fraction of sp³-hybridized carbons (Fsp3) is 0.579. The zero-order valence-corrected chi connectivity index (χ0v) is 14.0. The molecule has 1 aromatic rings. The van der Waals surface area contributed by atoms with Gasteiger partial charge < -0.3 is 10.2 Å². The largest absolute Gasteiger partial charge is 0.342 e. The second-order valence-corrected chi connectivity index (χ2v) is 6.93. The monoisotopic (exact) mass is 332 g/mol. The predicted molar refractivity (Wildman–Crippen MR) is 90.9 cm³/mol. The van der Waals surface area contributed by atoms with E-state index in [1.54, 1.807) is 12.1 Å². The van der Waals surface area contributed by atoms with E-state index >= 15 is 0 Å². The number of nitrogens with zero attached hydrogens (tertiary/aromatic N) is 1. The molecule has 2 amide bonds. The van der Waals surface area contributed by atoms with E-state index in [-0.39, 0.29) is 29.5 Å². The van der Waals surface area contributed by atoms with Crippen LogP contribution in [0.5, 0.6) is 0 Å². The molecule has 5 heteroatoms. The van der Waals surface area contributed by atoms with Gasteiger partial charge >= 0.3 is 0 Å². The molecule has 1 aromatic carbocycles. The Labute approximate surface area is 142 Å². The van der Waals surface area contributed by atoms with Crippen LogP contribution in [-0.4, -0.2) is 29.8 Å². The maximum atomic E-state index is 12.9. The van der Waals surface area contributed by atoms with Gasteiger partial charge in [-0.3, -0.25) is 9.59 Å². The summed E-state index contributed by atoms with van der Waals surface area (Å²) >= 11 is 0. The van der Waals surface area contributed by atoms with Crippen LogP contribution in [0.2, 0.25) is 0 Å². The summed E-state index contributed by atoms with van der Waals surface area (Å²) in [5.41, 5.74) is 0.613. The number of amides is 2. The van der Waals surface area contributed by atoms with Crippen LogP contribution in [0, 0.1) is 17.7 Å². The molecule has 1 aliphatic heterocycles. The molecule has 3 rings (SSSR count). The molecule has 2 aliphatic rings. The van der Waals surface area contributed by atoms with Crippen LogP contribution in [0.15, 0.2) is 24.3 Å². The number of hydrogen-bond acceptors (Lipinski definition) is 2. The number of likely N-dealkylation sites (tertiary alicyclic amines) is 1. The Morgan fingerprint density at radius 1 is 0.917 bits per heavy atom. The summed E-state index contributed by atoms with van der Waals surface area (Å²) in [5, 5.41) is 2.84. The third-order valence-corrected chi connectivity index (χ3v) is 5.24. The molecule has 4 nitrogen and oxygen atoms in total. The molecule has 1 heterocycles. The molecule has 0 atom stereocenters. The molecule has 1 saturated carbocycles. The van der Waals surface area contributed by atoms with Crippen molar-refractivity contribution in [3.05, 3.63) is 30.1 Å². The predicted octanol–water partition coefficient (Wildman–Crippen LogP) is 3.58. The number of nitrogens with one attached hydrogen (secondary N) is 1. The first-order chi connectivity index (χ1) is 11.6. The highest BCUT2D eigenvalue weighted by atomic mass is 19.1. The summed E-state index contributed by atoms with van der Waals surface area (Å²) < 4.78 is 12.9. The first-order valence-corrected chi connectivity index (χ1v) is 8.99. The Hall–Kier alpha value is -1.91. The summed E-state index contributed by atoms with van der Waals surface area (Å²) in [4.78, 5) is 26.8. The summed E-state index contributed by atoms with van der Waals surface area (Å²) in [6.07, 6.45) is 7.00. The SMILES string of the molecule is O=C(Nc1ccc(F)cc1)C1CCN(C(=O)C2CCCCC2)CC1. The molecule has 130 valence electrons. The van der Waals surface area contributed by atoms with Crippen molar-refractivity contribution in [3.63, 3.8) is 0 Å². The normalized spacial score (nSPS) is 20.0. The zero-order valence-electron chi connectivity index (χ0n) is 14.0. The smallest absolute Gasteiger partial charge is 0.227 e. The Kier molecular flexibility index (Phi) is 5.48. The molecular formula is C19H25FN2O2. The van der Waals surface area contributed by atoms with Crippen LogP contribution < -0.4 is 5.32 Å². The lowest BCUT2D eigenvalue weighted by Crippen LogP contribution is -2.44. The summed E-state index contributed by atoms with van der Waals surface area (Å²) in [6, 6.07) is 5.80. The van der Waals surface area contributed by atoms with Gasteiger partial charge in [-0.05, 0) is 49.9 Å². The van der Waals surface area contributed by atoms with E-state index in [0.29, 0.717) is 31.6 Å². The van der Waals surface area contributed by atoms with Gasteiger partial charge in [0.1, 0.15) is 5.82 Å². The van der Waals surface area contributed by atoms with Crippen molar-refractivity contribution in [1.82, 2.24) is 4.90 Å². The average molecular weight is 332 g/mol. The highest BCUT2D eigenvalue weighted by Gasteiger charge is 2.31. The highest BCUT2D eigenvalue weighted by Crippen LogP contribution is 2.28. The van der Waals surface area contributed by atoms with Gasteiger partial charge in [0, 0.05) is 30.6 Å². The third-order valence-electron chi connectivity index (χ3n) is 5.24. The minimum absolute atomic E-state index is 0.0358. The number of benzene rings is 1. The summed E-state index contributed by atoms with van der Waals surface area (Å²) in [7, 11) is 0. The molecule has 0 bridgehead atoms. The van der Waals surface area contributed by atoms with E-state index in [4.69, 9.17) is 0 Å². The second-order valence-electron chi connectivity index (χ2n) is 6.93. The fourth-order valence-corrected chi connectivity index (χ4v) is 3.75. The van der Waals surface area contributed by atoms with Gasteiger partial charge in [-0.15, -0.1) is 0 Å². The number of carbonyl (C=O) groups is 2.